The fourth-order valence-corrected chi connectivity index (χ4v) is 4.71. The predicted octanol–water partition coefficient (Wildman–Crippen LogP) is 2.78. The molecule has 180 valence electrons. The summed E-state index contributed by atoms with van der Waals surface area (Å²) in [6.45, 7) is 0.408. The van der Waals surface area contributed by atoms with E-state index in [1.807, 2.05) is 0 Å². The second-order valence-electron chi connectivity index (χ2n) is 7.07. The monoisotopic (exact) mass is 488 g/mol. The molecule has 1 amide bonds. The van der Waals surface area contributed by atoms with Crippen molar-refractivity contribution < 1.29 is 40.6 Å². The van der Waals surface area contributed by atoms with E-state index in [4.69, 9.17) is 14.2 Å². The number of ether oxygens (including phenoxy) is 3. The van der Waals surface area contributed by atoms with E-state index in [0.29, 0.717) is 10.4 Å². The van der Waals surface area contributed by atoms with Gasteiger partial charge in [-0.1, -0.05) is 6.07 Å². The predicted molar refractivity (Wildman–Crippen MR) is 113 cm³/mol. The molecule has 0 bridgehead atoms. The lowest BCUT2D eigenvalue weighted by atomic mass is 10.2. The van der Waals surface area contributed by atoms with Crippen LogP contribution in [0.1, 0.15) is 5.56 Å². The average molecular weight is 488 g/mol. The van der Waals surface area contributed by atoms with Crippen LogP contribution in [0.15, 0.2) is 47.4 Å². The topological polar surface area (TPSA) is 85.4 Å². The summed E-state index contributed by atoms with van der Waals surface area (Å²) in [5.41, 5.74) is -1.33. The van der Waals surface area contributed by atoms with Gasteiger partial charge in [0, 0.05) is 19.2 Å². The number of nitrogens with zero attached hydrogens (tertiary/aromatic N) is 2. The third-order valence-electron chi connectivity index (χ3n) is 5.05. The molecule has 2 aromatic rings. The summed E-state index contributed by atoms with van der Waals surface area (Å²) in [7, 11) is -1.76. The largest absolute Gasteiger partial charge is 0.493 e. The van der Waals surface area contributed by atoms with Gasteiger partial charge in [0.05, 0.1) is 43.6 Å². The summed E-state index contributed by atoms with van der Waals surface area (Å²) in [6, 6.07) is 7.61. The van der Waals surface area contributed by atoms with Gasteiger partial charge in [0.25, 0.3) is 10.0 Å². The smallest absolute Gasteiger partial charge is 0.416 e. The van der Waals surface area contributed by atoms with Crippen LogP contribution >= 0.6 is 0 Å². The van der Waals surface area contributed by atoms with Gasteiger partial charge in [-0.25, -0.2) is 8.42 Å². The summed E-state index contributed by atoms with van der Waals surface area (Å²) in [6.07, 6.45) is -4.69. The summed E-state index contributed by atoms with van der Waals surface area (Å²) >= 11 is 0. The van der Waals surface area contributed by atoms with Crippen LogP contribution in [0.25, 0.3) is 0 Å². The first-order chi connectivity index (χ1) is 15.6. The number of alkyl halides is 3. The number of carbonyl (C=O) groups excluding carboxylic acids is 1. The fourth-order valence-electron chi connectivity index (χ4n) is 3.29. The molecule has 0 aliphatic carbocycles. The van der Waals surface area contributed by atoms with E-state index in [1.54, 1.807) is 0 Å². The molecular formula is C21H23F3N2O6S. The number of sulfonamides is 1. The number of carbonyl (C=O) groups is 1. The van der Waals surface area contributed by atoms with Gasteiger partial charge in [0.15, 0.2) is 11.5 Å². The van der Waals surface area contributed by atoms with Crippen molar-refractivity contribution in [1.82, 2.24) is 4.90 Å². The van der Waals surface area contributed by atoms with Crippen LogP contribution in [0.5, 0.6) is 11.5 Å². The maximum absolute atomic E-state index is 13.5. The Morgan fingerprint density at radius 3 is 2.33 bits per heavy atom. The van der Waals surface area contributed by atoms with Crippen LogP contribution in [0.3, 0.4) is 0 Å². The molecule has 1 fully saturated rings. The van der Waals surface area contributed by atoms with Crippen LogP contribution in [0, 0.1) is 0 Å². The molecule has 0 aromatic heterocycles. The quantitative estimate of drug-likeness (QED) is 0.596. The van der Waals surface area contributed by atoms with Gasteiger partial charge in [-0.2, -0.15) is 13.2 Å². The first-order valence-electron chi connectivity index (χ1n) is 9.85. The molecule has 0 saturated carbocycles. The van der Waals surface area contributed by atoms with Gasteiger partial charge in [-0.3, -0.25) is 9.10 Å². The van der Waals surface area contributed by atoms with Crippen LogP contribution in [-0.2, 0) is 25.7 Å². The summed E-state index contributed by atoms with van der Waals surface area (Å²) in [4.78, 5) is 14.0. The second-order valence-corrected chi connectivity index (χ2v) is 8.93. The van der Waals surface area contributed by atoms with Crippen molar-refractivity contribution in [3.05, 3.63) is 48.0 Å². The van der Waals surface area contributed by atoms with Crippen molar-refractivity contribution in [3.8, 4) is 11.5 Å². The van der Waals surface area contributed by atoms with E-state index < -0.39 is 34.2 Å². The molecule has 8 nitrogen and oxygen atoms in total. The molecule has 2 aromatic carbocycles. The average Bonchev–Trinajstić information content (AvgIpc) is 2.81. The lowest BCUT2D eigenvalue weighted by Gasteiger charge is -2.31. The zero-order valence-electron chi connectivity index (χ0n) is 18.0. The first-order valence-corrected chi connectivity index (χ1v) is 11.3. The Hall–Kier alpha value is -2.99. The number of amides is 1. The molecule has 1 saturated heterocycles. The highest BCUT2D eigenvalue weighted by molar-refractivity contribution is 7.92. The Balaban J connectivity index is 2.07. The van der Waals surface area contributed by atoms with Gasteiger partial charge in [0.1, 0.15) is 6.54 Å². The van der Waals surface area contributed by atoms with Gasteiger partial charge in [-0.15, -0.1) is 0 Å². The summed E-state index contributed by atoms with van der Waals surface area (Å²) in [5.74, 6) is -0.173. The van der Waals surface area contributed by atoms with Gasteiger partial charge in [0.2, 0.25) is 5.91 Å². The van der Waals surface area contributed by atoms with Crippen LogP contribution in [0.4, 0.5) is 18.9 Å². The number of rotatable bonds is 7. The van der Waals surface area contributed by atoms with E-state index in [0.717, 1.165) is 12.1 Å². The number of morpholine rings is 1. The van der Waals surface area contributed by atoms with Gasteiger partial charge < -0.3 is 19.1 Å². The molecule has 33 heavy (non-hydrogen) atoms. The Kier molecular flexibility index (Phi) is 7.38. The number of hydrogen-bond acceptors (Lipinski definition) is 6. The van der Waals surface area contributed by atoms with Crippen molar-refractivity contribution in [2.45, 2.75) is 11.1 Å². The van der Waals surface area contributed by atoms with Crippen molar-refractivity contribution >= 4 is 21.6 Å². The molecule has 12 heteroatoms. The fraction of sp³-hybridized carbons (Fsp3) is 0.381. The van der Waals surface area contributed by atoms with E-state index in [9.17, 15) is 26.4 Å². The van der Waals surface area contributed by atoms with Crippen molar-refractivity contribution in [2.24, 2.45) is 0 Å². The zero-order valence-corrected chi connectivity index (χ0v) is 18.8. The maximum atomic E-state index is 13.5. The molecule has 1 aliphatic rings. The van der Waals surface area contributed by atoms with Gasteiger partial charge in [-0.05, 0) is 30.3 Å². The van der Waals surface area contributed by atoms with Crippen LogP contribution in [0.2, 0.25) is 0 Å². The SMILES string of the molecule is COc1ccc(S(=O)(=O)N(CC(=O)N2CCOCC2)c2cccc(C(F)(F)F)c2)cc1OC. The molecule has 0 unspecified atom stereocenters. The van der Waals surface area contributed by atoms with E-state index in [-0.39, 0.29) is 48.4 Å². The van der Waals surface area contributed by atoms with Crippen molar-refractivity contribution in [3.63, 3.8) is 0 Å². The van der Waals surface area contributed by atoms with Crippen LogP contribution < -0.4 is 13.8 Å². The number of hydrogen-bond donors (Lipinski definition) is 0. The highest BCUT2D eigenvalue weighted by atomic mass is 32.2. The second kappa shape index (κ2) is 9.87. The number of anilines is 1. The minimum atomic E-state index is -4.69. The molecular weight excluding hydrogens is 465 g/mol. The molecule has 3 rings (SSSR count). The van der Waals surface area contributed by atoms with Crippen molar-refractivity contribution in [2.75, 3.05) is 51.4 Å². The molecule has 1 heterocycles. The standard InChI is InChI=1S/C21H23F3N2O6S/c1-30-18-7-6-17(13-19(18)31-2)33(28,29)26(14-20(27)25-8-10-32-11-9-25)16-5-3-4-15(12-16)21(22,23)24/h3-7,12-13H,8-11,14H2,1-2H3. The Morgan fingerprint density at radius 1 is 1.06 bits per heavy atom. The third kappa shape index (κ3) is 5.50. The number of halogens is 3. The number of methoxy groups -OCH3 is 2. The Bertz CT molecular complexity index is 1100. The first kappa shape index (κ1) is 24.6. The normalized spacial score (nSPS) is 14.6. The van der Waals surface area contributed by atoms with Crippen molar-refractivity contribution in [1.29, 1.82) is 0 Å². The molecule has 1 aliphatic heterocycles. The van der Waals surface area contributed by atoms with Crippen LogP contribution in [-0.4, -0.2) is 66.3 Å². The number of benzene rings is 2. The van der Waals surface area contributed by atoms with E-state index in [1.165, 1.54) is 43.4 Å². The summed E-state index contributed by atoms with van der Waals surface area (Å²) in [5, 5.41) is 0. The highest BCUT2D eigenvalue weighted by Gasteiger charge is 2.34. The molecule has 0 atom stereocenters. The minimum absolute atomic E-state index is 0.113. The Morgan fingerprint density at radius 2 is 1.73 bits per heavy atom. The lowest BCUT2D eigenvalue weighted by molar-refractivity contribution is -0.137. The molecule has 0 N–H and O–H groups in total. The highest BCUT2D eigenvalue weighted by Crippen LogP contribution is 2.35. The van der Waals surface area contributed by atoms with Gasteiger partial charge >= 0.3 is 6.18 Å². The minimum Gasteiger partial charge on any atom is -0.493 e. The zero-order chi connectivity index (χ0) is 24.2. The maximum Gasteiger partial charge on any atom is 0.416 e. The Labute approximate surface area is 189 Å². The summed E-state index contributed by atoms with van der Waals surface area (Å²) < 4.78 is 83.1. The molecule has 0 radical (unpaired) electrons. The lowest BCUT2D eigenvalue weighted by Crippen LogP contribution is -2.47. The van der Waals surface area contributed by atoms with E-state index >= 15 is 0 Å². The molecule has 0 spiro atoms. The third-order valence-corrected chi connectivity index (χ3v) is 6.82. The van der Waals surface area contributed by atoms with E-state index in [2.05, 4.69) is 0 Å².